The standard InChI is InChI=1S/C11H11BrClN3/c12-9-5-7(13)1-2-8(9)10(14)6-11-15-3-4-16-11/h1-5,10H,6,14H2,(H,15,16). The first-order valence-corrected chi connectivity index (χ1v) is 6.02. The molecule has 0 bridgehead atoms. The molecule has 0 amide bonds. The molecule has 1 atom stereocenters. The summed E-state index contributed by atoms with van der Waals surface area (Å²) >= 11 is 9.33. The fourth-order valence-corrected chi connectivity index (χ4v) is 2.51. The highest BCUT2D eigenvalue weighted by molar-refractivity contribution is 9.10. The van der Waals surface area contributed by atoms with Gasteiger partial charge < -0.3 is 10.7 Å². The zero-order chi connectivity index (χ0) is 11.5. The van der Waals surface area contributed by atoms with Gasteiger partial charge in [0.25, 0.3) is 0 Å². The largest absolute Gasteiger partial charge is 0.349 e. The van der Waals surface area contributed by atoms with E-state index < -0.39 is 0 Å². The van der Waals surface area contributed by atoms with Crippen molar-refractivity contribution >= 4 is 27.5 Å². The van der Waals surface area contributed by atoms with Crippen molar-refractivity contribution in [3.63, 3.8) is 0 Å². The molecule has 16 heavy (non-hydrogen) atoms. The van der Waals surface area contributed by atoms with Gasteiger partial charge in [0.15, 0.2) is 0 Å². The fourth-order valence-electron chi connectivity index (χ4n) is 1.53. The van der Waals surface area contributed by atoms with Crippen LogP contribution in [-0.4, -0.2) is 9.97 Å². The van der Waals surface area contributed by atoms with E-state index >= 15 is 0 Å². The van der Waals surface area contributed by atoms with Gasteiger partial charge in [0, 0.05) is 34.4 Å². The minimum Gasteiger partial charge on any atom is -0.349 e. The van der Waals surface area contributed by atoms with Crippen LogP contribution in [0.4, 0.5) is 0 Å². The quantitative estimate of drug-likeness (QED) is 0.915. The molecule has 0 radical (unpaired) electrons. The van der Waals surface area contributed by atoms with Crippen molar-refractivity contribution in [2.24, 2.45) is 5.73 Å². The SMILES string of the molecule is NC(Cc1ncc[nH]1)c1ccc(Cl)cc1Br. The topological polar surface area (TPSA) is 54.7 Å². The molecule has 1 aromatic carbocycles. The first-order valence-electron chi connectivity index (χ1n) is 4.85. The predicted molar refractivity (Wildman–Crippen MR) is 68.4 cm³/mol. The monoisotopic (exact) mass is 299 g/mol. The maximum absolute atomic E-state index is 6.10. The van der Waals surface area contributed by atoms with Crippen LogP contribution in [0.1, 0.15) is 17.4 Å². The molecule has 0 aliphatic carbocycles. The number of nitrogens with zero attached hydrogens (tertiary/aromatic N) is 1. The van der Waals surface area contributed by atoms with Gasteiger partial charge in [-0.2, -0.15) is 0 Å². The Morgan fingerprint density at radius 2 is 2.31 bits per heavy atom. The lowest BCUT2D eigenvalue weighted by molar-refractivity contribution is 0.691. The van der Waals surface area contributed by atoms with E-state index in [1.54, 1.807) is 12.4 Å². The Morgan fingerprint density at radius 3 is 2.94 bits per heavy atom. The Balaban J connectivity index is 2.17. The highest BCUT2D eigenvalue weighted by Gasteiger charge is 2.11. The molecule has 1 aromatic heterocycles. The van der Waals surface area contributed by atoms with Gasteiger partial charge in [0.2, 0.25) is 0 Å². The number of aromatic nitrogens is 2. The van der Waals surface area contributed by atoms with E-state index in [0.717, 1.165) is 15.9 Å². The Bertz CT molecular complexity index is 470. The number of benzene rings is 1. The van der Waals surface area contributed by atoms with E-state index in [0.29, 0.717) is 11.4 Å². The summed E-state index contributed by atoms with van der Waals surface area (Å²) in [5.41, 5.74) is 7.13. The summed E-state index contributed by atoms with van der Waals surface area (Å²) in [5.74, 6) is 0.884. The summed E-state index contributed by atoms with van der Waals surface area (Å²) in [6.45, 7) is 0. The number of imidazole rings is 1. The van der Waals surface area contributed by atoms with Gasteiger partial charge in [-0.1, -0.05) is 33.6 Å². The molecule has 3 N–H and O–H groups in total. The zero-order valence-electron chi connectivity index (χ0n) is 8.45. The van der Waals surface area contributed by atoms with Crippen molar-refractivity contribution in [2.45, 2.75) is 12.5 Å². The number of halogens is 2. The van der Waals surface area contributed by atoms with Crippen LogP contribution in [0, 0.1) is 0 Å². The third-order valence-electron chi connectivity index (χ3n) is 2.33. The van der Waals surface area contributed by atoms with Gasteiger partial charge in [0.1, 0.15) is 5.82 Å². The van der Waals surface area contributed by atoms with Crippen molar-refractivity contribution in [1.29, 1.82) is 0 Å². The van der Waals surface area contributed by atoms with E-state index in [1.165, 1.54) is 0 Å². The van der Waals surface area contributed by atoms with Gasteiger partial charge in [-0.05, 0) is 17.7 Å². The average molecular weight is 301 g/mol. The van der Waals surface area contributed by atoms with E-state index in [1.807, 2.05) is 18.2 Å². The number of aromatic amines is 1. The minimum atomic E-state index is -0.0993. The number of rotatable bonds is 3. The predicted octanol–water partition coefficient (Wildman–Crippen LogP) is 3.07. The second-order valence-corrected chi connectivity index (χ2v) is 4.80. The molecule has 0 aliphatic heterocycles. The molecule has 2 aromatic rings. The summed E-state index contributed by atoms with van der Waals surface area (Å²) < 4.78 is 0.930. The lowest BCUT2D eigenvalue weighted by atomic mass is 10.0. The first kappa shape index (κ1) is 11.6. The second kappa shape index (κ2) is 4.99. The molecule has 5 heteroatoms. The van der Waals surface area contributed by atoms with E-state index in [9.17, 15) is 0 Å². The summed E-state index contributed by atoms with van der Waals surface area (Å²) in [6, 6.07) is 5.51. The number of nitrogens with one attached hydrogen (secondary N) is 1. The van der Waals surface area contributed by atoms with Gasteiger partial charge in [-0.25, -0.2) is 4.98 Å². The highest BCUT2D eigenvalue weighted by Crippen LogP contribution is 2.26. The molecule has 0 saturated carbocycles. The van der Waals surface area contributed by atoms with Gasteiger partial charge in [-0.3, -0.25) is 0 Å². The number of hydrogen-bond acceptors (Lipinski definition) is 2. The Kier molecular flexibility index (Phi) is 3.63. The Labute approximate surface area is 107 Å². The van der Waals surface area contributed by atoms with Crippen molar-refractivity contribution < 1.29 is 0 Å². The van der Waals surface area contributed by atoms with Gasteiger partial charge in [0.05, 0.1) is 0 Å². The third kappa shape index (κ3) is 2.64. The van der Waals surface area contributed by atoms with Crippen molar-refractivity contribution in [1.82, 2.24) is 9.97 Å². The molecular formula is C11H11BrClN3. The first-order chi connectivity index (χ1) is 7.66. The van der Waals surface area contributed by atoms with Crippen LogP contribution in [0.3, 0.4) is 0 Å². The lowest BCUT2D eigenvalue weighted by Gasteiger charge is -2.12. The molecule has 0 saturated heterocycles. The van der Waals surface area contributed by atoms with E-state index in [-0.39, 0.29) is 6.04 Å². The van der Waals surface area contributed by atoms with Crippen LogP contribution in [0.15, 0.2) is 35.1 Å². The van der Waals surface area contributed by atoms with Crippen molar-refractivity contribution in [3.05, 3.63) is 51.5 Å². The van der Waals surface area contributed by atoms with Crippen LogP contribution in [-0.2, 0) is 6.42 Å². The summed E-state index contributed by atoms with van der Waals surface area (Å²) in [5, 5.41) is 0.695. The number of H-pyrrole nitrogens is 1. The third-order valence-corrected chi connectivity index (χ3v) is 3.25. The van der Waals surface area contributed by atoms with E-state index in [2.05, 4.69) is 25.9 Å². The van der Waals surface area contributed by atoms with Crippen molar-refractivity contribution in [2.75, 3.05) is 0 Å². The molecule has 2 rings (SSSR count). The maximum Gasteiger partial charge on any atom is 0.107 e. The van der Waals surface area contributed by atoms with E-state index in [4.69, 9.17) is 17.3 Å². The number of nitrogens with two attached hydrogens (primary N) is 1. The molecule has 0 aliphatic rings. The van der Waals surface area contributed by atoms with Crippen LogP contribution >= 0.6 is 27.5 Å². The molecular weight excluding hydrogens is 289 g/mol. The van der Waals surface area contributed by atoms with Crippen LogP contribution < -0.4 is 5.73 Å². The molecule has 84 valence electrons. The summed E-state index contributed by atoms with van der Waals surface area (Å²) in [7, 11) is 0. The molecule has 1 unspecified atom stereocenters. The average Bonchev–Trinajstić information content (AvgIpc) is 2.70. The summed E-state index contributed by atoms with van der Waals surface area (Å²) in [6.07, 6.45) is 4.19. The van der Waals surface area contributed by atoms with Crippen LogP contribution in [0.25, 0.3) is 0 Å². The summed E-state index contributed by atoms with van der Waals surface area (Å²) in [4.78, 5) is 7.19. The smallest absolute Gasteiger partial charge is 0.107 e. The van der Waals surface area contributed by atoms with Gasteiger partial charge >= 0.3 is 0 Å². The molecule has 0 spiro atoms. The van der Waals surface area contributed by atoms with Crippen LogP contribution in [0.2, 0.25) is 5.02 Å². The zero-order valence-corrected chi connectivity index (χ0v) is 10.8. The fraction of sp³-hybridized carbons (Fsp3) is 0.182. The van der Waals surface area contributed by atoms with Gasteiger partial charge in [-0.15, -0.1) is 0 Å². The molecule has 1 heterocycles. The number of hydrogen-bond donors (Lipinski definition) is 2. The molecule has 3 nitrogen and oxygen atoms in total. The lowest BCUT2D eigenvalue weighted by Crippen LogP contribution is -2.14. The Morgan fingerprint density at radius 1 is 1.50 bits per heavy atom. The minimum absolute atomic E-state index is 0.0993. The normalized spacial score (nSPS) is 12.7. The Hall–Kier alpha value is -0.840. The van der Waals surface area contributed by atoms with Crippen molar-refractivity contribution in [3.8, 4) is 0 Å². The van der Waals surface area contributed by atoms with Crippen LogP contribution in [0.5, 0.6) is 0 Å². The maximum atomic E-state index is 6.10. The second-order valence-electron chi connectivity index (χ2n) is 3.51. The molecule has 0 fully saturated rings. The highest BCUT2D eigenvalue weighted by atomic mass is 79.9.